The van der Waals surface area contributed by atoms with Gasteiger partial charge in [0.15, 0.2) is 0 Å². The van der Waals surface area contributed by atoms with Gasteiger partial charge >= 0.3 is 0 Å². The predicted molar refractivity (Wildman–Crippen MR) is 62.1 cm³/mol. The molecule has 0 saturated heterocycles. The molecule has 2 N–H and O–H groups in total. The smallest absolute Gasteiger partial charge is 0.239 e. The molecule has 3 nitrogen and oxygen atoms in total. The van der Waals surface area contributed by atoms with Gasteiger partial charge in [-0.25, -0.2) is 0 Å². The Labute approximate surface area is 96.0 Å². The SMILES string of the molecule is C[C@@H](N)C(=O)N(C)Cc1cc(Br)cs1. The minimum atomic E-state index is -0.427. The van der Waals surface area contributed by atoms with Crippen LogP contribution < -0.4 is 5.73 Å². The van der Waals surface area contributed by atoms with Crippen LogP contribution in [0.3, 0.4) is 0 Å². The molecule has 0 aliphatic rings. The highest BCUT2D eigenvalue weighted by Gasteiger charge is 2.13. The summed E-state index contributed by atoms with van der Waals surface area (Å²) in [6.45, 7) is 2.32. The van der Waals surface area contributed by atoms with Crippen molar-refractivity contribution in [2.45, 2.75) is 19.5 Å². The molecule has 1 aromatic rings. The van der Waals surface area contributed by atoms with Crippen molar-refractivity contribution in [3.63, 3.8) is 0 Å². The van der Waals surface area contributed by atoms with Crippen LogP contribution in [0.4, 0.5) is 0 Å². The first-order chi connectivity index (χ1) is 6.50. The van der Waals surface area contributed by atoms with Crippen LogP contribution in [0, 0.1) is 0 Å². The summed E-state index contributed by atoms with van der Waals surface area (Å²) in [6, 6.07) is 1.58. The van der Waals surface area contributed by atoms with E-state index in [0.717, 1.165) is 9.35 Å². The second-order valence-corrected chi connectivity index (χ2v) is 5.13. The lowest BCUT2D eigenvalue weighted by molar-refractivity contribution is -0.131. The lowest BCUT2D eigenvalue weighted by Crippen LogP contribution is -2.39. The molecule has 1 aromatic heterocycles. The van der Waals surface area contributed by atoms with E-state index in [9.17, 15) is 4.79 Å². The van der Waals surface area contributed by atoms with Crippen LogP contribution in [0.25, 0.3) is 0 Å². The first kappa shape index (κ1) is 11.7. The van der Waals surface area contributed by atoms with Crippen molar-refractivity contribution in [1.82, 2.24) is 4.90 Å². The van der Waals surface area contributed by atoms with Gasteiger partial charge in [0.25, 0.3) is 0 Å². The maximum absolute atomic E-state index is 11.4. The van der Waals surface area contributed by atoms with E-state index in [1.54, 1.807) is 30.2 Å². The zero-order chi connectivity index (χ0) is 10.7. The van der Waals surface area contributed by atoms with Gasteiger partial charge in [0.05, 0.1) is 12.6 Å². The number of hydrogen-bond acceptors (Lipinski definition) is 3. The molecule has 1 atom stereocenters. The van der Waals surface area contributed by atoms with Crippen molar-refractivity contribution >= 4 is 33.2 Å². The normalized spacial score (nSPS) is 12.6. The quantitative estimate of drug-likeness (QED) is 0.916. The first-order valence-corrected chi connectivity index (χ1v) is 5.91. The molecule has 0 saturated carbocycles. The van der Waals surface area contributed by atoms with Crippen molar-refractivity contribution in [1.29, 1.82) is 0 Å². The average molecular weight is 277 g/mol. The molecule has 0 aliphatic carbocycles. The Bertz CT molecular complexity index is 324. The number of carbonyl (C=O) groups excluding carboxylic acids is 1. The van der Waals surface area contributed by atoms with E-state index < -0.39 is 6.04 Å². The van der Waals surface area contributed by atoms with E-state index in [2.05, 4.69) is 15.9 Å². The summed E-state index contributed by atoms with van der Waals surface area (Å²) >= 11 is 5.00. The van der Waals surface area contributed by atoms with Gasteiger partial charge in [0.2, 0.25) is 5.91 Å². The number of thiophene rings is 1. The molecule has 0 radical (unpaired) electrons. The molecule has 1 rings (SSSR count). The van der Waals surface area contributed by atoms with Gasteiger partial charge in [-0.1, -0.05) is 0 Å². The third-order valence-corrected chi connectivity index (χ3v) is 3.46. The fourth-order valence-electron chi connectivity index (χ4n) is 1.10. The van der Waals surface area contributed by atoms with E-state index >= 15 is 0 Å². The van der Waals surface area contributed by atoms with Gasteiger partial charge in [0.1, 0.15) is 0 Å². The highest BCUT2D eigenvalue weighted by Crippen LogP contribution is 2.20. The summed E-state index contributed by atoms with van der Waals surface area (Å²) < 4.78 is 1.05. The van der Waals surface area contributed by atoms with Crippen molar-refractivity contribution in [2.24, 2.45) is 5.73 Å². The monoisotopic (exact) mass is 276 g/mol. The van der Waals surface area contributed by atoms with Crippen LogP contribution in [-0.4, -0.2) is 23.9 Å². The molecule has 5 heteroatoms. The van der Waals surface area contributed by atoms with Crippen LogP contribution in [0.1, 0.15) is 11.8 Å². The van der Waals surface area contributed by atoms with Crippen molar-refractivity contribution < 1.29 is 4.79 Å². The number of halogens is 1. The molecule has 0 aliphatic heterocycles. The van der Waals surface area contributed by atoms with E-state index in [0.29, 0.717) is 6.54 Å². The fraction of sp³-hybridized carbons (Fsp3) is 0.444. The van der Waals surface area contributed by atoms with Gasteiger partial charge in [-0.05, 0) is 28.9 Å². The number of carbonyl (C=O) groups is 1. The van der Waals surface area contributed by atoms with Gasteiger partial charge < -0.3 is 10.6 Å². The Hall–Kier alpha value is -0.390. The number of likely N-dealkylation sites (N-methyl/N-ethyl adjacent to an activating group) is 1. The predicted octanol–water partition coefficient (Wildman–Crippen LogP) is 1.82. The molecule has 14 heavy (non-hydrogen) atoms. The van der Waals surface area contributed by atoms with E-state index in [4.69, 9.17) is 5.73 Å². The Balaban J connectivity index is 2.57. The minimum Gasteiger partial charge on any atom is -0.339 e. The molecule has 0 bridgehead atoms. The maximum Gasteiger partial charge on any atom is 0.239 e. The van der Waals surface area contributed by atoms with Gasteiger partial charge in [-0.2, -0.15) is 0 Å². The topological polar surface area (TPSA) is 46.3 Å². The first-order valence-electron chi connectivity index (χ1n) is 4.24. The van der Waals surface area contributed by atoms with Crippen LogP contribution in [0.2, 0.25) is 0 Å². The Morgan fingerprint density at radius 1 is 1.79 bits per heavy atom. The van der Waals surface area contributed by atoms with E-state index in [1.165, 1.54) is 0 Å². The van der Waals surface area contributed by atoms with Crippen LogP contribution in [0.15, 0.2) is 15.9 Å². The van der Waals surface area contributed by atoms with Gasteiger partial charge in [-0.3, -0.25) is 4.79 Å². The molecular formula is C9H13BrN2OS. The number of amides is 1. The highest BCUT2D eigenvalue weighted by molar-refractivity contribution is 9.10. The average Bonchev–Trinajstić information content (AvgIpc) is 2.49. The summed E-state index contributed by atoms with van der Waals surface area (Å²) in [5.74, 6) is -0.0328. The molecule has 0 fully saturated rings. The number of rotatable bonds is 3. The zero-order valence-corrected chi connectivity index (χ0v) is 10.6. The van der Waals surface area contributed by atoms with E-state index in [1.807, 2.05) is 11.4 Å². The minimum absolute atomic E-state index is 0.0328. The number of nitrogens with zero attached hydrogens (tertiary/aromatic N) is 1. The Morgan fingerprint density at radius 3 is 2.86 bits per heavy atom. The summed E-state index contributed by atoms with van der Waals surface area (Å²) in [5.41, 5.74) is 5.50. The number of hydrogen-bond donors (Lipinski definition) is 1. The van der Waals surface area contributed by atoms with Crippen molar-refractivity contribution in [2.75, 3.05) is 7.05 Å². The summed E-state index contributed by atoms with van der Waals surface area (Å²) in [4.78, 5) is 14.2. The highest BCUT2D eigenvalue weighted by atomic mass is 79.9. The summed E-state index contributed by atoms with van der Waals surface area (Å²) in [5, 5.41) is 2.00. The summed E-state index contributed by atoms with van der Waals surface area (Å²) in [6.07, 6.45) is 0. The maximum atomic E-state index is 11.4. The molecule has 0 spiro atoms. The molecule has 0 aromatic carbocycles. The second-order valence-electron chi connectivity index (χ2n) is 3.21. The van der Waals surface area contributed by atoms with Crippen molar-refractivity contribution in [3.8, 4) is 0 Å². The largest absolute Gasteiger partial charge is 0.339 e. The molecule has 1 amide bonds. The van der Waals surface area contributed by atoms with Crippen molar-refractivity contribution in [3.05, 3.63) is 20.8 Å². The molecule has 0 unspecified atom stereocenters. The third kappa shape index (κ3) is 3.08. The van der Waals surface area contributed by atoms with Crippen LogP contribution in [-0.2, 0) is 11.3 Å². The van der Waals surface area contributed by atoms with Crippen LogP contribution in [0.5, 0.6) is 0 Å². The lowest BCUT2D eigenvalue weighted by atomic mass is 10.3. The van der Waals surface area contributed by atoms with Crippen LogP contribution >= 0.6 is 27.3 Å². The van der Waals surface area contributed by atoms with E-state index in [-0.39, 0.29) is 5.91 Å². The second kappa shape index (κ2) is 4.91. The fourth-order valence-corrected chi connectivity index (χ4v) is 2.60. The third-order valence-electron chi connectivity index (χ3n) is 1.78. The molecule has 78 valence electrons. The molecule has 1 heterocycles. The Morgan fingerprint density at radius 2 is 2.43 bits per heavy atom. The summed E-state index contributed by atoms with van der Waals surface area (Å²) in [7, 11) is 1.76. The van der Waals surface area contributed by atoms with Gasteiger partial charge in [-0.15, -0.1) is 11.3 Å². The standard InChI is InChI=1S/C9H13BrN2OS/c1-6(11)9(13)12(2)4-8-3-7(10)5-14-8/h3,5-6H,4,11H2,1-2H3/t6-/m1/s1. The zero-order valence-electron chi connectivity index (χ0n) is 8.16. The Kier molecular flexibility index (Phi) is 4.10. The molecular weight excluding hydrogens is 264 g/mol. The number of nitrogens with two attached hydrogens (primary N) is 1. The van der Waals surface area contributed by atoms with Gasteiger partial charge in [0, 0.05) is 21.8 Å². The lowest BCUT2D eigenvalue weighted by Gasteiger charge is -2.18.